The number of hydrogen-bond acceptors (Lipinski definition) is 4. The molecule has 2 fully saturated rings. The van der Waals surface area contributed by atoms with Crippen molar-refractivity contribution in [2.24, 2.45) is 0 Å². The fourth-order valence-electron chi connectivity index (χ4n) is 3.28. The Morgan fingerprint density at radius 3 is 2.95 bits per heavy atom. The monoisotopic (exact) mass is 278 g/mol. The first-order valence-electron chi connectivity index (χ1n) is 7.28. The smallest absolute Gasteiger partial charge is 0.0687 e. The Morgan fingerprint density at radius 1 is 1.32 bits per heavy atom. The Morgan fingerprint density at radius 2 is 2.16 bits per heavy atom. The topological polar surface area (TPSA) is 48.1 Å². The molecule has 1 aromatic heterocycles. The molecule has 2 N–H and O–H groups in total. The van der Waals surface area contributed by atoms with Crippen LogP contribution >= 0.6 is 11.8 Å². The van der Waals surface area contributed by atoms with Crippen molar-refractivity contribution < 1.29 is 4.74 Å². The third-order valence-electron chi connectivity index (χ3n) is 4.34. The summed E-state index contributed by atoms with van der Waals surface area (Å²) in [5.41, 5.74) is 6.92. The van der Waals surface area contributed by atoms with Crippen molar-refractivity contribution in [2.75, 3.05) is 11.5 Å². The predicted molar refractivity (Wildman–Crippen MR) is 79.3 cm³/mol. The first-order valence-corrected chi connectivity index (χ1v) is 8.26. The van der Waals surface area contributed by atoms with E-state index in [4.69, 9.17) is 10.5 Å². The second-order valence-corrected chi connectivity index (χ2v) is 6.81. The third kappa shape index (κ3) is 3.06. The second-order valence-electron chi connectivity index (χ2n) is 5.75. The van der Waals surface area contributed by atoms with E-state index in [1.54, 1.807) is 24.2 Å². The van der Waals surface area contributed by atoms with E-state index in [1.165, 1.54) is 44.9 Å². The lowest BCUT2D eigenvalue weighted by molar-refractivity contribution is -0.0555. The molecule has 2 aliphatic rings. The van der Waals surface area contributed by atoms with E-state index < -0.39 is 0 Å². The van der Waals surface area contributed by atoms with Gasteiger partial charge < -0.3 is 10.5 Å². The molecule has 2 heterocycles. The van der Waals surface area contributed by atoms with Crippen molar-refractivity contribution in [1.82, 2.24) is 4.98 Å². The van der Waals surface area contributed by atoms with Crippen LogP contribution in [-0.4, -0.2) is 22.4 Å². The Hall–Kier alpha value is -0.740. The molecule has 19 heavy (non-hydrogen) atoms. The van der Waals surface area contributed by atoms with Crippen molar-refractivity contribution in [3.63, 3.8) is 0 Å². The van der Waals surface area contributed by atoms with Gasteiger partial charge in [-0.1, -0.05) is 19.3 Å². The number of nitrogens with zero attached hydrogens (tertiary/aromatic N) is 1. The predicted octanol–water partition coefficient (Wildman–Crippen LogP) is 3.64. The zero-order chi connectivity index (χ0) is 13.1. The number of aromatic nitrogens is 1. The molecule has 1 saturated carbocycles. The summed E-state index contributed by atoms with van der Waals surface area (Å²) in [7, 11) is 0. The Bertz CT molecular complexity index is 432. The zero-order valence-corrected chi connectivity index (χ0v) is 12.1. The Labute approximate surface area is 119 Å². The highest BCUT2D eigenvalue weighted by Crippen LogP contribution is 2.43. The molecule has 0 amide bonds. The largest absolute Gasteiger partial charge is 0.397 e. The summed E-state index contributed by atoms with van der Waals surface area (Å²) in [6, 6.07) is 1.99. The van der Waals surface area contributed by atoms with Crippen LogP contribution in [0, 0.1) is 0 Å². The summed E-state index contributed by atoms with van der Waals surface area (Å²) in [6.45, 7) is 0. The Balaban J connectivity index is 1.53. The summed E-state index contributed by atoms with van der Waals surface area (Å²) in [6.07, 6.45) is 13.0. The third-order valence-corrected chi connectivity index (χ3v) is 5.56. The maximum atomic E-state index is 6.37. The second kappa shape index (κ2) is 5.71. The quantitative estimate of drug-likeness (QED) is 0.858. The van der Waals surface area contributed by atoms with Crippen LogP contribution < -0.4 is 5.73 Å². The van der Waals surface area contributed by atoms with E-state index in [0.29, 0.717) is 6.10 Å². The van der Waals surface area contributed by atoms with Crippen LogP contribution in [0.3, 0.4) is 0 Å². The SMILES string of the molecule is Nc1cnccc1SCC1CCC2(CCCCC2)O1. The Kier molecular flexibility index (Phi) is 3.99. The van der Waals surface area contributed by atoms with E-state index in [1.807, 2.05) is 6.07 Å². The molecule has 1 spiro atoms. The molecule has 4 heteroatoms. The lowest BCUT2D eigenvalue weighted by atomic mass is 9.83. The van der Waals surface area contributed by atoms with E-state index in [-0.39, 0.29) is 5.60 Å². The van der Waals surface area contributed by atoms with E-state index in [2.05, 4.69) is 4.98 Å². The van der Waals surface area contributed by atoms with Crippen LogP contribution in [0.25, 0.3) is 0 Å². The molecule has 1 aliphatic heterocycles. The number of rotatable bonds is 3. The van der Waals surface area contributed by atoms with E-state index in [0.717, 1.165) is 16.3 Å². The minimum Gasteiger partial charge on any atom is -0.397 e. The molecule has 1 atom stereocenters. The first-order chi connectivity index (χ1) is 9.27. The maximum Gasteiger partial charge on any atom is 0.0687 e. The van der Waals surface area contributed by atoms with Crippen LogP contribution in [-0.2, 0) is 4.74 Å². The molecule has 104 valence electrons. The van der Waals surface area contributed by atoms with Gasteiger partial charge in [-0.2, -0.15) is 0 Å². The van der Waals surface area contributed by atoms with E-state index in [9.17, 15) is 0 Å². The summed E-state index contributed by atoms with van der Waals surface area (Å²) in [5.74, 6) is 1.01. The van der Waals surface area contributed by atoms with Gasteiger partial charge in [0, 0.05) is 16.8 Å². The van der Waals surface area contributed by atoms with Crippen molar-refractivity contribution in [2.45, 2.75) is 61.5 Å². The number of thioether (sulfide) groups is 1. The number of nitrogen functional groups attached to an aromatic ring is 1. The van der Waals surface area contributed by atoms with Crippen LogP contribution in [0.1, 0.15) is 44.9 Å². The maximum absolute atomic E-state index is 6.37. The van der Waals surface area contributed by atoms with Crippen molar-refractivity contribution in [1.29, 1.82) is 0 Å². The molecule has 0 radical (unpaired) electrons. The average molecular weight is 278 g/mol. The lowest BCUT2D eigenvalue weighted by Crippen LogP contribution is -2.32. The molecule has 3 nitrogen and oxygen atoms in total. The van der Waals surface area contributed by atoms with Crippen molar-refractivity contribution in [3.8, 4) is 0 Å². The molecule has 1 aliphatic carbocycles. The van der Waals surface area contributed by atoms with E-state index >= 15 is 0 Å². The van der Waals surface area contributed by atoms with Gasteiger partial charge in [-0.15, -0.1) is 11.8 Å². The highest BCUT2D eigenvalue weighted by atomic mass is 32.2. The summed E-state index contributed by atoms with van der Waals surface area (Å²) in [4.78, 5) is 5.15. The van der Waals surface area contributed by atoms with Gasteiger partial charge in [0.15, 0.2) is 0 Å². The highest BCUT2D eigenvalue weighted by Gasteiger charge is 2.40. The summed E-state index contributed by atoms with van der Waals surface area (Å²) < 4.78 is 6.37. The van der Waals surface area contributed by atoms with Crippen LogP contribution in [0.5, 0.6) is 0 Å². The fourth-order valence-corrected chi connectivity index (χ4v) is 4.26. The number of anilines is 1. The van der Waals surface area contributed by atoms with Gasteiger partial charge in [0.2, 0.25) is 0 Å². The van der Waals surface area contributed by atoms with Crippen molar-refractivity contribution >= 4 is 17.4 Å². The van der Waals surface area contributed by atoms with Gasteiger partial charge in [0.25, 0.3) is 0 Å². The highest BCUT2D eigenvalue weighted by molar-refractivity contribution is 7.99. The molecule has 1 aromatic rings. The standard InChI is InChI=1S/C15H22N2OS/c16-13-10-17-9-5-14(13)19-11-12-4-8-15(18-12)6-2-1-3-7-15/h5,9-10,12H,1-4,6-8,11,16H2. The van der Waals surface area contributed by atoms with Gasteiger partial charge in [-0.3, -0.25) is 4.98 Å². The molecule has 0 aromatic carbocycles. The molecule has 3 rings (SSSR count). The number of ether oxygens (including phenoxy) is 1. The minimum atomic E-state index is 0.229. The molecule has 1 saturated heterocycles. The molecule has 1 unspecified atom stereocenters. The summed E-state index contributed by atoms with van der Waals surface area (Å²) in [5, 5.41) is 0. The van der Waals surface area contributed by atoms with Gasteiger partial charge in [0.1, 0.15) is 0 Å². The van der Waals surface area contributed by atoms with Gasteiger partial charge in [-0.05, 0) is 31.7 Å². The normalized spacial score (nSPS) is 25.8. The van der Waals surface area contributed by atoms with Gasteiger partial charge >= 0.3 is 0 Å². The molecular formula is C15H22N2OS. The van der Waals surface area contributed by atoms with Crippen LogP contribution in [0.15, 0.2) is 23.4 Å². The van der Waals surface area contributed by atoms with Crippen LogP contribution in [0.2, 0.25) is 0 Å². The zero-order valence-electron chi connectivity index (χ0n) is 11.3. The number of nitrogens with two attached hydrogens (primary N) is 1. The minimum absolute atomic E-state index is 0.229. The first kappa shape index (κ1) is 13.3. The fraction of sp³-hybridized carbons (Fsp3) is 0.667. The van der Waals surface area contributed by atoms with Crippen LogP contribution in [0.4, 0.5) is 5.69 Å². The van der Waals surface area contributed by atoms with Gasteiger partial charge in [0.05, 0.1) is 23.6 Å². The average Bonchev–Trinajstić information content (AvgIpc) is 2.82. The molecular weight excluding hydrogens is 256 g/mol. The lowest BCUT2D eigenvalue weighted by Gasteiger charge is -2.33. The summed E-state index contributed by atoms with van der Waals surface area (Å²) >= 11 is 1.80. The van der Waals surface area contributed by atoms with Crippen molar-refractivity contribution in [3.05, 3.63) is 18.5 Å². The number of hydrogen-bond donors (Lipinski definition) is 1. The number of pyridine rings is 1. The van der Waals surface area contributed by atoms with Gasteiger partial charge in [-0.25, -0.2) is 0 Å². The molecule has 0 bridgehead atoms.